The van der Waals surface area contributed by atoms with Crippen molar-refractivity contribution >= 4 is 29.9 Å². The summed E-state index contributed by atoms with van der Waals surface area (Å²) < 4.78 is 21.5. The van der Waals surface area contributed by atoms with E-state index in [0.717, 1.165) is 44.9 Å². The molecule has 0 bridgehead atoms. The lowest BCUT2D eigenvalue weighted by Gasteiger charge is -2.16. The lowest BCUT2D eigenvalue weighted by atomic mass is 9.91. The van der Waals surface area contributed by atoms with Crippen molar-refractivity contribution in [1.82, 2.24) is 5.32 Å². The van der Waals surface area contributed by atoms with E-state index in [1.807, 2.05) is 0 Å². The zero-order valence-corrected chi connectivity index (χ0v) is 25.6. The van der Waals surface area contributed by atoms with Gasteiger partial charge in [-0.3, -0.25) is 24.0 Å². The smallest absolute Gasteiger partial charge is 0.321 e. The Hall–Kier alpha value is -2.45. The van der Waals surface area contributed by atoms with Gasteiger partial charge >= 0.3 is 11.9 Å². The van der Waals surface area contributed by atoms with E-state index in [9.17, 15) is 24.0 Å². The normalized spacial score (nSPS) is 12.5. The summed E-state index contributed by atoms with van der Waals surface area (Å²) in [5.41, 5.74) is 5.45. The van der Waals surface area contributed by atoms with Gasteiger partial charge < -0.3 is 40.2 Å². The highest BCUT2D eigenvalue weighted by Crippen LogP contribution is 2.12. The van der Waals surface area contributed by atoms with E-state index in [2.05, 4.69) is 5.32 Å². The predicted molar refractivity (Wildman–Crippen MR) is 158 cm³/mol. The second kappa shape index (κ2) is 29.6. The molecule has 13 heteroatoms. The molecule has 5 N–H and O–H groups in total. The third-order valence-corrected chi connectivity index (χ3v) is 6.66. The van der Waals surface area contributed by atoms with Crippen LogP contribution in [0, 0.1) is 5.92 Å². The van der Waals surface area contributed by atoms with Gasteiger partial charge in [-0.15, -0.1) is 0 Å². The minimum Gasteiger partial charge on any atom is -0.481 e. The molecule has 13 nitrogen and oxygen atoms in total. The van der Waals surface area contributed by atoms with Crippen LogP contribution in [0.4, 0.5) is 0 Å². The SMILES string of the molecule is N[C@H](C(=O)O)C(C[C]=O)C(=O)CCOCCOCCOCCOCCNC(=O)CCCCCCCCCCCCC(=O)O. The Morgan fingerprint density at radius 2 is 1.07 bits per heavy atom. The molecule has 0 saturated carbocycles. The molecule has 43 heavy (non-hydrogen) atoms. The molecule has 0 spiro atoms. The Labute approximate surface area is 255 Å². The molecule has 0 aromatic rings. The molecule has 0 heterocycles. The van der Waals surface area contributed by atoms with E-state index in [4.69, 9.17) is 34.9 Å². The highest BCUT2D eigenvalue weighted by molar-refractivity contribution is 5.89. The van der Waals surface area contributed by atoms with Crippen molar-refractivity contribution in [2.24, 2.45) is 11.7 Å². The summed E-state index contributed by atoms with van der Waals surface area (Å²) in [7, 11) is 0. The summed E-state index contributed by atoms with van der Waals surface area (Å²) in [6, 6.07) is -1.45. The fraction of sp³-hybridized carbons (Fsp3) is 0.833. The van der Waals surface area contributed by atoms with E-state index >= 15 is 0 Å². The highest BCUT2D eigenvalue weighted by Gasteiger charge is 2.30. The van der Waals surface area contributed by atoms with Gasteiger partial charge in [-0.25, -0.2) is 0 Å². The van der Waals surface area contributed by atoms with Crippen molar-refractivity contribution in [2.45, 2.75) is 95.9 Å². The van der Waals surface area contributed by atoms with Gasteiger partial charge in [-0.05, 0) is 12.8 Å². The standard InChI is InChI=1S/C30H53N2O11/c31-29(30(38)39)25(13-16-33)26(34)14-17-40-19-21-42-23-24-43-22-20-41-18-15-32-27(35)11-9-7-5-3-1-2-4-6-8-10-12-28(36)37/h25,29H,1-15,17-24,31H2,(H,32,35)(H,36,37)(H,38,39)/t25?,29-/m0/s1. The second-order valence-electron chi connectivity index (χ2n) is 10.3. The quantitative estimate of drug-likeness (QED) is 0.0785. The Bertz CT molecular complexity index is 752. The zero-order chi connectivity index (χ0) is 32.0. The maximum absolute atomic E-state index is 12.1. The molecule has 0 aromatic heterocycles. The molecule has 0 aliphatic carbocycles. The van der Waals surface area contributed by atoms with Crippen LogP contribution in [0.25, 0.3) is 0 Å². The molecular weight excluding hydrogens is 564 g/mol. The Balaban J connectivity index is 3.39. The molecule has 0 aliphatic rings. The number of nitrogens with two attached hydrogens (primary N) is 1. The average molecular weight is 618 g/mol. The molecule has 1 amide bonds. The fourth-order valence-electron chi connectivity index (χ4n) is 4.15. The van der Waals surface area contributed by atoms with Crippen molar-refractivity contribution in [3.05, 3.63) is 0 Å². The number of nitrogens with one attached hydrogen (secondary N) is 1. The van der Waals surface area contributed by atoms with Crippen LogP contribution < -0.4 is 11.1 Å². The maximum atomic E-state index is 12.1. The summed E-state index contributed by atoms with van der Waals surface area (Å²) in [5, 5.41) is 20.4. The van der Waals surface area contributed by atoms with Crippen LogP contribution in [0.2, 0.25) is 0 Å². The van der Waals surface area contributed by atoms with Gasteiger partial charge in [0, 0.05) is 32.2 Å². The third kappa shape index (κ3) is 26.9. The summed E-state index contributed by atoms with van der Waals surface area (Å²) >= 11 is 0. The van der Waals surface area contributed by atoms with Gasteiger partial charge in [0.15, 0.2) is 6.29 Å². The number of carboxylic acids is 2. The molecular formula is C30H53N2O11. The van der Waals surface area contributed by atoms with Crippen LogP contribution >= 0.6 is 0 Å². The van der Waals surface area contributed by atoms with E-state index in [1.54, 1.807) is 6.29 Å². The molecule has 1 unspecified atom stereocenters. The monoisotopic (exact) mass is 617 g/mol. The minimum absolute atomic E-state index is 0.0390. The number of carbonyl (C=O) groups is 4. The lowest BCUT2D eigenvalue weighted by molar-refractivity contribution is -0.142. The van der Waals surface area contributed by atoms with Gasteiger partial charge in [0.2, 0.25) is 5.91 Å². The first-order chi connectivity index (χ1) is 20.8. The van der Waals surface area contributed by atoms with E-state index in [0.29, 0.717) is 52.6 Å². The van der Waals surface area contributed by atoms with Gasteiger partial charge in [-0.2, -0.15) is 0 Å². The first-order valence-electron chi connectivity index (χ1n) is 15.4. The molecule has 2 atom stereocenters. The maximum Gasteiger partial charge on any atom is 0.321 e. The van der Waals surface area contributed by atoms with Gasteiger partial charge in [0.05, 0.1) is 58.8 Å². The molecule has 1 radical (unpaired) electrons. The largest absolute Gasteiger partial charge is 0.481 e. The van der Waals surface area contributed by atoms with Crippen molar-refractivity contribution in [3.8, 4) is 0 Å². The van der Waals surface area contributed by atoms with Crippen molar-refractivity contribution in [1.29, 1.82) is 0 Å². The van der Waals surface area contributed by atoms with Gasteiger partial charge in [0.25, 0.3) is 0 Å². The summed E-state index contributed by atoms with van der Waals surface area (Å²) in [6.45, 7) is 3.04. The lowest BCUT2D eigenvalue weighted by Crippen LogP contribution is -2.42. The Morgan fingerprint density at radius 1 is 0.628 bits per heavy atom. The number of rotatable bonds is 33. The minimum atomic E-state index is -1.45. The number of carbonyl (C=O) groups excluding carboxylic acids is 3. The Morgan fingerprint density at radius 3 is 1.53 bits per heavy atom. The predicted octanol–water partition coefficient (Wildman–Crippen LogP) is 2.42. The number of aliphatic carboxylic acids is 2. The van der Waals surface area contributed by atoms with E-state index in [1.165, 1.54) is 19.3 Å². The second-order valence-corrected chi connectivity index (χ2v) is 10.3. The zero-order valence-electron chi connectivity index (χ0n) is 25.6. The number of hydrogen-bond acceptors (Lipinski definition) is 10. The summed E-state index contributed by atoms with van der Waals surface area (Å²) in [5.74, 6) is -3.59. The number of unbranched alkanes of at least 4 members (excludes halogenated alkanes) is 9. The average Bonchev–Trinajstić information content (AvgIpc) is 2.97. The number of ketones is 1. The number of amides is 1. The highest BCUT2D eigenvalue weighted by atomic mass is 16.6. The molecule has 0 aromatic carbocycles. The molecule has 0 aliphatic heterocycles. The van der Waals surface area contributed by atoms with E-state index < -0.39 is 29.7 Å². The fourth-order valence-corrected chi connectivity index (χ4v) is 4.15. The van der Waals surface area contributed by atoms with Gasteiger partial charge in [0.1, 0.15) is 11.8 Å². The number of Topliss-reactive ketones (excluding diaryl/α,β-unsaturated/α-hetero) is 1. The van der Waals surface area contributed by atoms with Crippen molar-refractivity contribution in [2.75, 3.05) is 59.4 Å². The topological polar surface area (TPSA) is 201 Å². The van der Waals surface area contributed by atoms with Crippen LogP contribution in [-0.2, 0) is 42.9 Å². The summed E-state index contributed by atoms with van der Waals surface area (Å²) in [6.07, 6.45) is 12.6. The first-order valence-corrected chi connectivity index (χ1v) is 15.4. The van der Waals surface area contributed by atoms with Crippen LogP contribution in [-0.4, -0.2) is 106 Å². The van der Waals surface area contributed by atoms with Crippen LogP contribution in [0.1, 0.15) is 89.9 Å². The molecule has 0 rings (SSSR count). The van der Waals surface area contributed by atoms with Crippen LogP contribution in [0.15, 0.2) is 0 Å². The number of ether oxygens (including phenoxy) is 4. The van der Waals surface area contributed by atoms with Crippen LogP contribution in [0.3, 0.4) is 0 Å². The summed E-state index contributed by atoms with van der Waals surface area (Å²) in [4.78, 5) is 55.9. The van der Waals surface area contributed by atoms with Gasteiger partial charge in [-0.1, -0.05) is 51.4 Å². The van der Waals surface area contributed by atoms with Crippen molar-refractivity contribution in [3.63, 3.8) is 0 Å². The molecule has 249 valence electrons. The number of carboxylic acid groups (broad SMARTS) is 2. The molecule has 0 saturated heterocycles. The van der Waals surface area contributed by atoms with E-state index in [-0.39, 0.29) is 38.4 Å². The number of hydrogen-bond donors (Lipinski definition) is 4. The Kier molecular flexibility index (Phi) is 27.9. The first kappa shape index (κ1) is 40.5. The van der Waals surface area contributed by atoms with Crippen LogP contribution in [0.5, 0.6) is 0 Å². The molecule has 0 fully saturated rings. The van der Waals surface area contributed by atoms with Crippen molar-refractivity contribution < 1.29 is 53.1 Å². The third-order valence-electron chi connectivity index (χ3n) is 6.66.